The number of aryl methyl sites for hydroxylation is 1. The minimum absolute atomic E-state index is 0.261. The van der Waals surface area contributed by atoms with Crippen molar-refractivity contribution in [1.82, 2.24) is 10.2 Å². The van der Waals surface area contributed by atoms with Gasteiger partial charge in [-0.15, -0.1) is 0 Å². The summed E-state index contributed by atoms with van der Waals surface area (Å²) in [4.78, 5) is 23.2. The van der Waals surface area contributed by atoms with Crippen LogP contribution < -0.4 is 16.6 Å². The van der Waals surface area contributed by atoms with Crippen LogP contribution in [-0.2, 0) is 0 Å². The van der Waals surface area contributed by atoms with Crippen LogP contribution in [0.15, 0.2) is 35.1 Å². The molecule has 0 atom stereocenters. The lowest BCUT2D eigenvalue weighted by molar-refractivity contribution is 0.102. The van der Waals surface area contributed by atoms with Crippen molar-refractivity contribution in [1.29, 1.82) is 0 Å². The van der Waals surface area contributed by atoms with E-state index < -0.39 is 0 Å². The Labute approximate surface area is 121 Å². The molecular weight excluding hydrogens is 268 g/mol. The summed E-state index contributed by atoms with van der Waals surface area (Å²) < 4.78 is 0. The van der Waals surface area contributed by atoms with Crippen molar-refractivity contribution in [2.24, 2.45) is 5.73 Å². The van der Waals surface area contributed by atoms with Crippen molar-refractivity contribution >= 4 is 11.7 Å². The molecule has 1 aromatic carbocycles. The van der Waals surface area contributed by atoms with Crippen LogP contribution >= 0.6 is 0 Å². The van der Waals surface area contributed by atoms with Gasteiger partial charge >= 0.3 is 0 Å². The van der Waals surface area contributed by atoms with E-state index in [4.69, 9.17) is 5.73 Å². The Kier molecular flexibility index (Phi) is 4.49. The number of benzene rings is 1. The molecule has 0 radical (unpaired) electrons. The Bertz CT molecular complexity index is 764. The molecule has 0 saturated carbocycles. The number of nitrogens with zero attached hydrogens (tertiary/aromatic N) is 1. The fraction of sp³-hybridized carbons (Fsp3) is 0.133. The van der Waals surface area contributed by atoms with E-state index in [1.165, 1.54) is 12.1 Å². The maximum absolute atomic E-state index is 12.2. The van der Waals surface area contributed by atoms with E-state index in [9.17, 15) is 9.59 Å². The number of rotatable bonds is 2. The highest BCUT2D eigenvalue weighted by atomic mass is 16.2. The summed E-state index contributed by atoms with van der Waals surface area (Å²) in [6.45, 7) is 2.09. The quantitative estimate of drug-likeness (QED) is 0.704. The summed E-state index contributed by atoms with van der Waals surface area (Å²) in [6.07, 6.45) is 0. The standard InChI is InChI=1S/C15H14N4O2/c1-10-4-5-11(3-2-8-16)9-12(10)15(21)17-13-6-7-14(20)19-18-13/h4-7,9H,8,16H2,1H3,(H,19,20)(H,17,18,21). The Balaban J connectivity index is 2.25. The predicted octanol–water partition coefficient (Wildman–Crippen LogP) is 0.641. The van der Waals surface area contributed by atoms with Crippen molar-refractivity contribution in [2.75, 3.05) is 11.9 Å². The molecule has 0 spiro atoms. The van der Waals surface area contributed by atoms with Gasteiger partial charge in [0.25, 0.3) is 11.5 Å². The molecule has 2 aromatic rings. The first-order valence-electron chi connectivity index (χ1n) is 6.27. The van der Waals surface area contributed by atoms with E-state index in [2.05, 4.69) is 27.4 Å². The first kappa shape index (κ1) is 14.5. The van der Waals surface area contributed by atoms with Gasteiger partial charge < -0.3 is 11.1 Å². The molecule has 0 aliphatic heterocycles. The Morgan fingerprint density at radius 2 is 2.19 bits per heavy atom. The first-order chi connectivity index (χ1) is 10.1. The highest BCUT2D eigenvalue weighted by Gasteiger charge is 2.10. The zero-order valence-electron chi connectivity index (χ0n) is 11.4. The first-order valence-corrected chi connectivity index (χ1v) is 6.27. The lowest BCUT2D eigenvalue weighted by Crippen LogP contribution is -2.16. The molecule has 1 amide bonds. The number of aromatic amines is 1. The number of hydrogen-bond acceptors (Lipinski definition) is 4. The molecule has 0 aliphatic carbocycles. The van der Waals surface area contributed by atoms with Gasteiger partial charge in [0.15, 0.2) is 5.82 Å². The predicted molar refractivity (Wildman–Crippen MR) is 79.9 cm³/mol. The third kappa shape index (κ3) is 3.78. The third-order valence-corrected chi connectivity index (χ3v) is 2.74. The Hall–Kier alpha value is -2.91. The molecule has 1 aromatic heterocycles. The van der Waals surface area contributed by atoms with Gasteiger partial charge in [-0.2, -0.15) is 5.10 Å². The summed E-state index contributed by atoms with van der Waals surface area (Å²) in [6, 6.07) is 8.06. The van der Waals surface area contributed by atoms with E-state index in [0.717, 1.165) is 5.56 Å². The fourth-order valence-corrected chi connectivity index (χ4v) is 1.70. The van der Waals surface area contributed by atoms with Crippen molar-refractivity contribution in [2.45, 2.75) is 6.92 Å². The number of hydrogen-bond donors (Lipinski definition) is 3. The average Bonchev–Trinajstić information content (AvgIpc) is 2.48. The van der Waals surface area contributed by atoms with Crippen LogP contribution in [0, 0.1) is 18.8 Å². The van der Waals surface area contributed by atoms with Crippen molar-refractivity contribution in [3.8, 4) is 11.8 Å². The molecule has 0 aliphatic rings. The number of carbonyl (C=O) groups is 1. The fourth-order valence-electron chi connectivity index (χ4n) is 1.70. The molecule has 0 fully saturated rings. The molecule has 6 nitrogen and oxygen atoms in total. The molecule has 0 unspecified atom stereocenters. The van der Waals surface area contributed by atoms with E-state index in [-0.39, 0.29) is 23.8 Å². The highest BCUT2D eigenvalue weighted by molar-refractivity contribution is 6.04. The highest BCUT2D eigenvalue weighted by Crippen LogP contribution is 2.12. The molecule has 0 saturated heterocycles. The number of H-pyrrole nitrogens is 1. The summed E-state index contributed by atoms with van der Waals surface area (Å²) in [5.74, 6) is 5.58. The van der Waals surface area contributed by atoms with Gasteiger partial charge in [0.05, 0.1) is 6.54 Å². The second-order valence-electron chi connectivity index (χ2n) is 4.30. The van der Waals surface area contributed by atoms with E-state index in [0.29, 0.717) is 11.1 Å². The summed E-state index contributed by atoms with van der Waals surface area (Å²) >= 11 is 0. The van der Waals surface area contributed by atoms with Crippen molar-refractivity contribution < 1.29 is 4.79 Å². The van der Waals surface area contributed by atoms with Crippen LogP contribution in [-0.4, -0.2) is 22.6 Å². The molecule has 2 rings (SSSR count). The van der Waals surface area contributed by atoms with E-state index in [1.807, 2.05) is 19.1 Å². The number of carbonyl (C=O) groups excluding carboxylic acids is 1. The number of nitrogens with two attached hydrogens (primary N) is 1. The van der Waals surface area contributed by atoms with Crippen LogP contribution in [0.2, 0.25) is 0 Å². The smallest absolute Gasteiger partial charge is 0.264 e. The third-order valence-electron chi connectivity index (χ3n) is 2.74. The van der Waals surface area contributed by atoms with Gasteiger partial charge in [0, 0.05) is 17.2 Å². The molecule has 106 valence electrons. The minimum Gasteiger partial charge on any atom is -0.320 e. The number of aromatic nitrogens is 2. The number of anilines is 1. The van der Waals surface area contributed by atoms with Crippen LogP contribution in [0.1, 0.15) is 21.5 Å². The Morgan fingerprint density at radius 3 is 2.86 bits per heavy atom. The molecular formula is C15H14N4O2. The van der Waals surface area contributed by atoms with Gasteiger partial charge in [-0.05, 0) is 30.7 Å². The van der Waals surface area contributed by atoms with Gasteiger partial charge in [-0.3, -0.25) is 9.59 Å². The summed E-state index contributed by atoms with van der Waals surface area (Å²) in [5.41, 5.74) is 7.02. The lowest BCUT2D eigenvalue weighted by atomic mass is 10.0. The zero-order chi connectivity index (χ0) is 15.2. The maximum Gasteiger partial charge on any atom is 0.264 e. The van der Waals surface area contributed by atoms with Gasteiger partial charge in [-0.25, -0.2) is 5.10 Å². The second-order valence-corrected chi connectivity index (χ2v) is 4.30. The molecule has 21 heavy (non-hydrogen) atoms. The number of nitrogens with one attached hydrogen (secondary N) is 2. The van der Waals surface area contributed by atoms with E-state index >= 15 is 0 Å². The van der Waals surface area contributed by atoms with Crippen LogP contribution in [0.25, 0.3) is 0 Å². The minimum atomic E-state index is -0.330. The van der Waals surface area contributed by atoms with Crippen molar-refractivity contribution in [3.05, 3.63) is 57.4 Å². The lowest BCUT2D eigenvalue weighted by Gasteiger charge is -2.07. The van der Waals surface area contributed by atoms with Gasteiger partial charge in [0.1, 0.15) is 0 Å². The van der Waals surface area contributed by atoms with Crippen LogP contribution in [0.3, 0.4) is 0 Å². The molecule has 0 bridgehead atoms. The normalized spacial score (nSPS) is 9.62. The average molecular weight is 282 g/mol. The van der Waals surface area contributed by atoms with Gasteiger partial charge in [0.2, 0.25) is 0 Å². The van der Waals surface area contributed by atoms with Gasteiger partial charge in [-0.1, -0.05) is 17.9 Å². The molecule has 1 heterocycles. The monoisotopic (exact) mass is 282 g/mol. The second kappa shape index (κ2) is 6.50. The van der Waals surface area contributed by atoms with Crippen molar-refractivity contribution in [3.63, 3.8) is 0 Å². The van der Waals surface area contributed by atoms with Crippen LogP contribution in [0.5, 0.6) is 0 Å². The zero-order valence-corrected chi connectivity index (χ0v) is 11.4. The topological polar surface area (TPSA) is 101 Å². The Morgan fingerprint density at radius 1 is 1.38 bits per heavy atom. The molecule has 6 heteroatoms. The molecule has 4 N–H and O–H groups in total. The maximum atomic E-state index is 12.2. The summed E-state index contributed by atoms with van der Waals surface area (Å²) in [5, 5.41) is 8.60. The largest absolute Gasteiger partial charge is 0.320 e. The van der Waals surface area contributed by atoms with E-state index in [1.54, 1.807) is 6.07 Å². The van der Waals surface area contributed by atoms with Crippen LogP contribution in [0.4, 0.5) is 5.82 Å². The summed E-state index contributed by atoms with van der Waals surface area (Å²) in [7, 11) is 0. The number of amides is 1. The SMILES string of the molecule is Cc1ccc(C#CCN)cc1C(=O)Nc1ccc(=O)[nH]n1.